The number of aromatic nitrogens is 3. The third-order valence-electron chi connectivity index (χ3n) is 3.90. The Balaban J connectivity index is 1.64. The Bertz CT molecular complexity index is 650. The maximum absolute atomic E-state index is 12.3. The lowest BCUT2D eigenvalue weighted by atomic mass is 10.1. The average Bonchev–Trinajstić information content (AvgIpc) is 3.09. The Morgan fingerprint density at radius 2 is 1.96 bits per heavy atom. The van der Waals surface area contributed by atoms with E-state index in [1.165, 1.54) is 18.2 Å². The van der Waals surface area contributed by atoms with E-state index in [4.69, 9.17) is 4.74 Å². The van der Waals surface area contributed by atoms with Gasteiger partial charge in [0, 0.05) is 18.8 Å². The summed E-state index contributed by atoms with van der Waals surface area (Å²) in [5, 5.41) is 8.82. The fraction of sp³-hybridized carbons (Fsp3) is 0.438. The SMILES string of the molecule is COc1ccc(-n2cnnc2SCC(=O)N2CCCCC2)cc1. The summed E-state index contributed by atoms with van der Waals surface area (Å²) in [6.45, 7) is 1.76. The minimum absolute atomic E-state index is 0.180. The lowest BCUT2D eigenvalue weighted by Gasteiger charge is -2.26. The van der Waals surface area contributed by atoms with Crippen LogP contribution in [0.3, 0.4) is 0 Å². The van der Waals surface area contributed by atoms with E-state index >= 15 is 0 Å². The van der Waals surface area contributed by atoms with E-state index in [1.54, 1.807) is 13.4 Å². The highest BCUT2D eigenvalue weighted by Gasteiger charge is 2.18. The van der Waals surface area contributed by atoms with Crippen LogP contribution in [0.4, 0.5) is 0 Å². The molecule has 1 amide bonds. The van der Waals surface area contributed by atoms with Crippen LogP contribution in [0.2, 0.25) is 0 Å². The number of amides is 1. The third-order valence-corrected chi connectivity index (χ3v) is 4.83. The van der Waals surface area contributed by atoms with Crippen molar-refractivity contribution in [2.24, 2.45) is 0 Å². The van der Waals surface area contributed by atoms with E-state index in [-0.39, 0.29) is 5.91 Å². The molecule has 0 radical (unpaired) electrons. The summed E-state index contributed by atoms with van der Waals surface area (Å²) in [4.78, 5) is 14.2. The second-order valence-corrected chi connectivity index (χ2v) is 6.35. The van der Waals surface area contributed by atoms with Crippen molar-refractivity contribution in [2.75, 3.05) is 26.0 Å². The molecule has 1 saturated heterocycles. The second kappa shape index (κ2) is 7.50. The first-order valence-corrected chi connectivity index (χ1v) is 8.71. The monoisotopic (exact) mass is 332 g/mol. The Kier molecular flexibility index (Phi) is 5.17. The Hall–Kier alpha value is -2.02. The Morgan fingerprint density at radius 3 is 2.65 bits per heavy atom. The minimum Gasteiger partial charge on any atom is -0.497 e. The first kappa shape index (κ1) is 15.9. The zero-order valence-corrected chi connectivity index (χ0v) is 14.0. The first-order chi connectivity index (χ1) is 11.3. The second-order valence-electron chi connectivity index (χ2n) is 5.41. The molecule has 1 aliphatic rings. The number of hydrogen-bond acceptors (Lipinski definition) is 5. The number of benzene rings is 1. The van der Waals surface area contributed by atoms with E-state index in [1.807, 2.05) is 33.7 Å². The van der Waals surface area contributed by atoms with Gasteiger partial charge >= 0.3 is 0 Å². The van der Waals surface area contributed by atoms with Gasteiger partial charge in [-0.2, -0.15) is 0 Å². The molecule has 0 spiro atoms. The maximum Gasteiger partial charge on any atom is 0.233 e. The van der Waals surface area contributed by atoms with Crippen LogP contribution in [0.1, 0.15) is 19.3 Å². The molecule has 1 aromatic heterocycles. The van der Waals surface area contributed by atoms with Crippen molar-refractivity contribution in [2.45, 2.75) is 24.4 Å². The van der Waals surface area contributed by atoms with Crippen molar-refractivity contribution in [1.82, 2.24) is 19.7 Å². The zero-order valence-electron chi connectivity index (χ0n) is 13.1. The van der Waals surface area contributed by atoms with Crippen LogP contribution >= 0.6 is 11.8 Å². The van der Waals surface area contributed by atoms with Gasteiger partial charge in [-0.15, -0.1) is 10.2 Å². The van der Waals surface area contributed by atoms with Crippen LogP contribution in [-0.2, 0) is 4.79 Å². The number of hydrogen-bond donors (Lipinski definition) is 0. The quantitative estimate of drug-likeness (QED) is 0.787. The van der Waals surface area contributed by atoms with Gasteiger partial charge in [0.25, 0.3) is 0 Å². The van der Waals surface area contributed by atoms with Gasteiger partial charge in [-0.25, -0.2) is 0 Å². The molecule has 1 fully saturated rings. The zero-order chi connectivity index (χ0) is 16.1. The number of piperidine rings is 1. The number of nitrogens with zero attached hydrogens (tertiary/aromatic N) is 4. The molecule has 0 aliphatic carbocycles. The summed E-state index contributed by atoms with van der Waals surface area (Å²) in [7, 11) is 1.64. The number of ether oxygens (including phenoxy) is 1. The summed E-state index contributed by atoms with van der Waals surface area (Å²) < 4.78 is 7.05. The van der Waals surface area contributed by atoms with Crippen LogP contribution < -0.4 is 4.74 Å². The number of likely N-dealkylation sites (tertiary alicyclic amines) is 1. The molecule has 6 nitrogen and oxygen atoms in total. The molecular formula is C16H20N4O2S. The number of thioether (sulfide) groups is 1. The highest BCUT2D eigenvalue weighted by Crippen LogP contribution is 2.22. The van der Waals surface area contributed by atoms with Crippen molar-refractivity contribution in [1.29, 1.82) is 0 Å². The number of rotatable bonds is 5. The molecule has 1 aliphatic heterocycles. The topological polar surface area (TPSA) is 60.2 Å². The van der Waals surface area contributed by atoms with Crippen molar-refractivity contribution in [3.63, 3.8) is 0 Å². The Morgan fingerprint density at radius 1 is 1.22 bits per heavy atom. The van der Waals surface area contributed by atoms with Crippen molar-refractivity contribution >= 4 is 17.7 Å². The molecular weight excluding hydrogens is 312 g/mol. The molecule has 0 atom stereocenters. The summed E-state index contributed by atoms with van der Waals surface area (Å²) >= 11 is 1.43. The summed E-state index contributed by atoms with van der Waals surface area (Å²) in [5.41, 5.74) is 0.948. The van der Waals surface area contributed by atoms with Crippen molar-refractivity contribution < 1.29 is 9.53 Å². The predicted octanol–water partition coefficient (Wildman–Crippen LogP) is 2.38. The molecule has 23 heavy (non-hydrogen) atoms. The number of methoxy groups -OCH3 is 1. The van der Waals surface area contributed by atoms with Gasteiger partial charge in [-0.05, 0) is 43.5 Å². The van der Waals surface area contributed by atoms with Crippen molar-refractivity contribution in [3.8, 4) is 11.4 Å². The molecule has 0 bridgehead atoms. The standard InChI is InChI=1S/C16H20N4O2S/c1-22-14-7-5-13(6-8-14)20-12-17-18-16(20)23-11-15(21)19-9-3-2-4-10-19/h5-8,12H,2-4,9-11H2,1H3. The fourth-order valence-electron chi connectivity index (χ4n) is 2.60. The van der Waals surface area contributed by atoms with Gasteiger partial charge in [-0.3, -0.25) is 9.36 Å². The van der Waals surface area contributed by atoms with Gasteiger partial charge in [0.05, 0.1) is 12.9 Å². The van der Waals surface area contributed by atoms with Crippen molar-refractivity contribution in [3.05, 3.63) is 30.6 Å². The highest BCUT2D eigenvalue weighted by molar-refractivity contribution is 7.99. The normalized spacial score (nSPS) is 14.7. The highest BCUT2D eigenvalue weighted by atomic mass is 32.2. The number of carbonyl (C=O) groups excluding carboxylic acids is 1. The molecule has 2 heterocycles. The third kappa shape index (κ3) is 3.85. The molecule has 0 saturated carbocycles. The smallest absolute Gasteiger partial charge is 0.233 e. The fourth-order valence-corrected chi connectivity index (χ4v) is 3.44. The van der Waals surface area contributed by atoms with Crippen LogP contribution in [0, 0.1) is 0 Å². The van der Waals surface area contributed by atoms with E-state index in [0.29, 0.717) is 5.75 Å². The lowest BCUT2D eigenvalue weighted by Crippen LogP contribution is -2.36. The molecule has 0 unspecified atom stereocenters. The van der Waals surface area contributed by atoms with Gasteiger partial charge in [0.2, 0.25) is 5.91 Å². The van der Waals surface area contributed by atoms with Crippen LogP contribution in [0.15, 0.2) is 35.7 Å². The minimum atomic E-state index is 0.180. The van der Waals surface area contributed by atoms with Gasteiger partial charge in [0.1, 0.15) is 12.1 Å². The van der Waals surface area contributed by atoms with E-state index in [2.05, 4.69) is 10.2 Å². The molecule has 122 valence electrons. The van der Waals surface area contributed by atoms with Crippen LogP contribution in [0.25, 0.3) is 5.69 Å². The summed E-state index contributed by atoms with van der Waals surface area (Å²) in [5.74, 6) is 1.38. The molecule has 7 heteroatoms. The predicted molar refractivity (Wildman–Crippen MR) is 89.1 cm³/mol. The lowest BCUT2D eigenvalue weighted by molar-refractivity contribution is -0.129. The Labute approximate surface area is 139 Å². The molecule has 1 aromatic carbocycles. The van der Waals surface area contributed by atoms with Crippen LogP contribution in [-0.4, -0.2) is 51.5 Å². The number of carbonyl (C=O) groups is 1. The largest absolute Gasteiger partial charge is 0.497 e. The molecule has 0 N–H and O–H groups in total. The maximum atomic E-state index is 12.3. The van der Waals surface area contributed by atoms with Gasteiger partial charge < -0.3 is 9.64 Å². The van der Waals surface area contributed by atoms with Crippen LogP contribution in [0.5, 0.6) is 5.75 Å². The van der Waals surface area contributed by atoms with Gasteiger partial charge in [0.15, 0.2) is 5.16 Å². The van der Waals surface area contributed by atoms with E-state index in [9.17, 15) is 4.79 Å². The van der Waals surface area contributed by atoms with E-state index < -0.39 is 0 Å². The van der Waals surface area contributed by atoms with E-state index in [0.717, 1.165) is 42.5 Å². The average molecular weight is 332 g/mol. The van der Waals surface area contributed by atoms with Gasteiger partial charge in [-0.1, -0.05) is 11.8 Å². The molecule has 3 rings (SSSR count). The molecule has 2 aromatic rings. The summed E-state index contributed by atoms with van der Waals surface area (Å²) in [6.07, 6.45) is 5.11. The first-order valence-electron chi connectivity index (χ1n) is 7.73. The summed E-state index contributed by atoms with van der Waals surface area (Å²) in [6, 6.07) is 7.67.